The van der Waals surface area contributed by atoms with Gasteiger partial charge < -0.3 is 10.1 Å². The Balaban J connectivity index is 1.94. The molecule has 0 bridgehead atoms. The molecule has 1 heterocycles. The molecule has 19 heavy (non-hydrogen) atoms. The number of nitrogens with one attached hydrogen (secondary N) is 1. The summed E-state index contributed by atoms with van der Waals surface area (Å²) in [5.74, 6) is 2.85. The maximum absolute atomic E-state index is 6.03. The predicted octanol–water partition coefficient (Wildman–Crippen LogP) is 3.50. The third-order valence-electron chi connectivity index (χ3n) is 3.59. The van der Waals surface area contributed by atoms with Gasteiger partial charge in [-0.15, -0.1) is 0 Å². The quantitative estimate of drug-likeness (QED) is 0.883. The second-order valence-electron chi connectivity index (χ2n) is 5.80. The van der Waals surface area contributed by atoms with E-state index in [4.69, 9.17) is 4.74 Å². The first-order valence-corrected chi connectivity index (χ1v) is 7.41. The van der Waals surface area contributed by atoms with E-state index in [-0.39, 0.29) is 0 Å². The first-order chi connectivity index (χ1) is 9.17. The first kappa shape index (κ1) is 14.1. The zero-order valence-corrected chi connectivity index (χ0v) is 12.2. The van der Waals surface area contributed by atoms with Crippen molar-refractivity contribution in [2.45, 2.75) is 52.6 Å². The largest absolute Gasteiger partial charge is 0.474 e. The van der Waals surface area contributed by atoms with Crippen molar-refractivity contribution in [1.82, 2.24) is 9.97 Å². The summed E-state index contributed by atoms with van der Waals surface area (Å²) in [6.07, 6.45) is 6.69. The Morgan fingerprint density at radius 2 is 2.00 bits per heavy atom. The third-order valence-corrected chi connectivity index (χ3v) is 3.59. The van der Waals surface area contributed by atoms with Crippen LogP contribution in [0.1, 0.15) is 46.5 Å². The standard InChI is InChI=1S/C15H25N3O/c1-4-6-16-15-17-7-5-14(18-15)19-13-9-11(2)8-12(3)10-13/h5,7,11-13H,4,6,8-10H2,1-3H3,(H,16,17,18). The summed E-state index contributed by atoms with van der Waals surface area (Å²) in [7, 11) is 0. The topological polar surface area (TPSA) is 47.0 Å². The molecule has 1 N–H and O–H groups in total. The molecule has 0 saturated heterocycles. The molecule has 106 valence electrons. The minimum atomic E-state index is 0.299. The zero-order valence-electron chi connectivity index (χ0n) is 12.2. The molecule has 1 aromatic rings. The van der Waals surface area contributed by atoms with Crippen molar-refractivity contribution in [2.24, 2.45) is 11.8 Å². The predicted molar refractivity (Wildman–Crippen MR) is 77.4 cm³/mol. The van der Waals surface area contributed by atoms with Crippen molar-refractivity contribution in [3.8, 4) is 5.88 Å². The van der Waals surface area contributed by atoms with Gasteiger partial charge in [-0.1, -0.05) is 20.8 Å². The van der Waals surface area contributed by atoms with Gasteiger partial charge in [0.2, 0.25) is 11.8 Å². The number of hydrogen-bond acceptors (Lipinski definition) is 4. The van der Waals surface area contributed by atoms with Crippen LogP contribution in [0.25, 0.3) is 0 Å². The average molecular weight is 263 g/mol. The summed E-state index contributed by atoms with van der Waals surface area (Å²) in [6, 6.07) is 1.85. The molecule has 1 aromatic heterocycles. The van der Waals surface area contributed by atoms with E-state index >= 15 is 0 Å². The molecule has 2 unspecified atom stereocenters. The smallest absolute Gasteiger partial charge is 0.225 e. The highest BCUT2D eigenvalue weighted by Crippen LogP contribution is 2.30. The molecule has 1 saturated carbocycles. The zero-order chi connectivity index (χ0) is 13.7. The highest BCUT2D eigenvalue weighted by Gasteiger charge is 2.25. The molecule has 4 heteroatoms. The minimum absolute atomic E-state index is 0.299. The lowest BCUT2D eigenvalue weighted by atomic mass is 9.82. The highest BCUT2D eigenvalue weighted by atomic mass is 16.5. The van der Waals surface area contributed by atoms with Crippen LogP contribution in [0.5, 0.6) is 5.88 Å². The summed E-state index contributed by atoms with van der Waals surface area (Å²) >= 11 is 0. The number of ether oxygens (including phenoxy) is 1. The van der Waals surface area contributed by atoms with Crippen LogP contribution in [0, 0.1) is 11.8 Å². The summed E-state index contributed by atoms with van der Waals surface area (Å²) < 4.78 is 6.03. The van der Waals surface area contributed by atoms with Gasteiger partial charge in [0.1, 0.15) is 6.10 Å². The van der Waals surface area contributed by atoms with Gasteiger partial charge in [-0.2, -0.15) is 4.98 Å². The summed E-state index contributed by atoms with van der Waals surface area (Å²) in [6.45, 7) is 7.62. The van der Waals surface area contributed by atoms with Gasteiger partial charge in [0.15, 0.2) is 0 Å². The lowest BCUT2D eigenvalue weighted by Crippen LogP contribution is -2.28. The molecule has 0 radical (unpaired) electrons. The molecule has 1 aliphatic rings. The fourth-order valence-corrected chi connectivity index (χ4v) is 2.87. The highest BCUT2D eigenvalue weighted by molar-refractivity contribution is 5.27. The Labute approximate surface area is 116 Å². The van der Waals surface area contributed by atoms with Crippen LogP contribution < -0.4 is 10.1 Å². The lowest BCUT2D eigenvalue weighted by molar-refractivity contribution is 0.0967. The van der Waals surface area contributed by atoms with Gasteiger partial charge in [-0.05, 0) is 37.5 Å². The van der Waals surface area contributed by atoms with Gasteiger partial charge >= 0.3 is 0 Å². The van der Waals surface area contributed by atoms with Crippen molar-refractivity contribution in [3.05, 3.63) is 12.3 Å². The monoisotopic (exact) mass is 263 g/mol. The SMILES string of the molecule is CCCNc1nccc(OC2CC(C)CC(C)C2)n1. The van der Waals surface area contributed by atoms with E-state index < -0.39 is 0 Å². The van der Waals surface area contributed by atoms with Crippen LogP contribution in [0.3, 0.4) is 0 Å². The fourth-order valence-electron chi connectivity index (χ4n) is 2.87. The van der Waals surface area contributed by atoms with Gasteiger partial charge in [-0.25, -0.2) is 4.98 Å². The molecule has 1 aliphatic carbocycles. The van der Waals surface area contributed by atoms with Crippen molar-refractivity contribution in [3.63, 3.8) is 0 Å². The van der Waals surface area contributed by atoms with Crippen LogP contribution in [-0.4, -0.2) is 22.6 Å². The normalized spacial score (nSPS) is 27.0. The Hall–Kier alpha value is -1.32. The van der Waals surface area contributed by atoms with Crippen LogP contribution >= 0.6 is 0 Å². The number of hydrogen-bond donors (Lipinski definition) is 1. The van der Waals surface area contributed by atoms with Gasteiger partial charge in [-0.3, -0.25) is 0 Å². The maximum Gasteiger partial charge on any atom is 0.225 e. The molecular weight excluding hydrogens is 238 g/mol. The van der Waals surface area contributed by atoms with Crippen LogP contribution in [0.2, 0.25) is 0 Å². The van der Waals surface area contributed by atoms with Crippen LogP contribution in [-0.2, 0) is 0 Å². The van der Waals surface area contributed by atoms with E-state index in [1.807, 2.05) is 6.07 Å². The molecule has 0 aliphatic heterocycles. The van der Waals surface area contributed by atoms with E-state index in [1.54, 1.807) is 6.20 Å². The van der Waals surface area contributed by atoms with Gasteiger partial charge in [0.25, 0.3) is 0 Å². The van der Waals surface area contributed by atoms with Crippen molar-refractivity contribution >= 4 is 5.95 Å². The second kappa shape index (κ2) is 6.73. The molecule has 0 aromatic carbocycles. The van der Waals surface area contributed by atoms with Crippen molar-refractivity contribution in [2.75, 3.05) is 11.9 Å². The fraction of sp³-hybridized carbons (Fsp3) is 0.733. The molecular formula is C15H25N3O. The van der Waals surface area contributed by atoms with Crippen molar-refractivity contribution in [1.29, 1.82) is 0 Å². The third kappa shape index (κ3) is 4.37. The Kier molecular flexibility index (Phi) is 5.00. The van der Waals surface area contributed by atoms with Gasteiger partial charge in [0, 0.05) is 18.8 Å². The molecule has 4 nitrogen and oxygen atoms in total. The minimum Gasteiger partial charge on any atom is -0.474 e. The van der Waals surface area contributed by atoms with Crippen LogP contribution in [0.15, 0.2) is 12.3 Å². The Morgan fingerprint density at radius 1 is 1.26 bits per heavy atom. The summed E-state index contributed by atoms with van der Waals surface area (Å²) in [5.41, 5.74) is 0. The number of anilines is 1. The van der Waals surface area contributed by atoms with Gasteiger partial charge in [0.05, 0.1) is 0 Å². The summed E-state index contributed by atoms with van der Waals surface area (Å²) in [4.78, 5) is 8.61. The number of rotatable bonds is 5. The van der Waals surface area contributed by atoms with E-state index in [0.717, 1.165) is 37.6 Å². The first-order valence-electron chi connectivity index (χ1n) is 7.41. The molecule has 2 rings (SSSR count). The number of nitrogens with zero attached hydrogens (tertiary/aromatic N) is 2. The van der Waals surface area contributed by atoms with Crippen LogP contribution in [0.4, 0.5) is 5.95 Å². The van der Waals surface area contributed by atoms with E-state index in [1.165, 1.54) is 6.42 Å². The van der Waals surface area contributed by atoms with Crippen molar-refractivity contribution < 1.29 is 4.74 Å². The maximum atomic E-state index is 6.03. The lowest BCUT2D eigenvalue weighted by Gasteiger charge is -2.31. The second-order valence-corrected chi connectivity index (χ2v) is 5.80. The average Bonchev–Trinajstić information content (AvgIpc) is 2.35. The number of aromatic nitrogens is 2. The molecule has 1 fully saturated rings. The summed E-state index contributed by atoms with van der Waals surface area (Å²) in [5, 5.41) is 3.19. The Morgan fingerprint density at radius 3 is 2.68 bits per heavy atom. The molecule has 2 atom stereocenters. The van der Waals surface area contributed by atoms with E-state index in [9.17, 15) is 0 Å². The Bertz CT molecular complexity index is 387. The van der Waals surface area contributed by atoms with E-state index in [2.05, 4.69) is 36.1 Å². The molecule has 0 amide bonds. The van der Waals surface area contributed by atoms with E-state index in [0.29, 0.717) is 17.9 Å². The molecule has 0 spiro atoms.